The van der Waals surface area contributed by atoms with Gasteiger partial charge in [0.25, 0.3) is 0 Å². The van der Waals surface area contributed by atoms with Crippen molar-refractivity contribution in [1.82, 2.24) is 0 Å². The summed E-state index contributed by atoms with van der Waals surface area (Å²) in [6, 6.07) is 0. The Labute approximate surface area is 77.7 Å². The summed E-state index contributed by atoms with van der Waals surface area (Å²) in [7, 11) is 0. The summed E-state index contributed by atoms with van der Waals surface area (Å²) in [4.78, 5) is 0. The standard InChI is InChI=1S/C7H8BrI/c1-7(8)4-2-6(9)3-5-7/h2-4H,5H2,1H3. The van der Waals surface area contributed by atoms with Crippen molar-refractivity contribution >= 4 is 38.5 Å². The molecule has 1 aliphatic rings. The van der Waals surface area contributed by atoms with Crippen LogP contribution in [0, 0.1) is 0 Å². The van der Waals surface area contributed by atoms with E-state index in [9.17, 15) is 0 Å². The molecule has 0 saturated heterocycles. The molecular formula is C7H8BrI. The summed E-state index contributed by atoms with van der Waals surface area (Å²) in [6.07, 6.45) is 7.66. The minimum atomic E-state index is 0.210. The number of halogens is 2. The molecule has 50 valence electrons. The second kappa shape index (κ2) is 2.74. The lowest BCUT2D eigenvalue weighted by molar-refractivity contribution is 0.815. The van der Waals surface area contributed by atoms with Crippen molar-refractivity contribution in [2.75, 3.05) is 0 Å². The fraction of sp³-hybridized carbons (Fsp3) is 0.429. The molecule has 1 unspecified atom stereocenters. The van der Waals surface area contributed by atoms with Gasteiger partial charge in [0.2, 0.25) is 0 Å². The molecule has 1 atom stereocenters. The average Bonchev–Trinajstić information content (AvgIpc) is 1.78. The van der Waals surface area contributed by atoms with Crippen LogP contribution in [0.1, 0.15) is 13.3 Å². The predicted molar refractivity (Wildman–Crippen MR) is 53.2 cm³/mol. The lowest BCUT2D eigenvalue weighted by atomic mass is 10.0. The van der Waals surface area contributed by atoms with Gasteiger partial charge in [0.05, 0.1) is 0 Å². The molecule has 0 bridgehead atoms. The number of allylic oxidation sites excluding steroid dienone is 4. The first-order valence-corrected chi connectivity index (χ1v) is 4.71. The van der Waals surface area contributed by atoms with E-state index < -0.39 is 0 Å². The van der Waals surface area contributed by atoms with Crippen molar-refractivity contribution in [2.24, 2.45) is 0 Å². The van der Waals surface area contributed by atoms with Gasteiger partial charge in [-0.2, -0.15) is 0 Å². The lowest BCUT2D eigenvalue weighted by Gasteiger charge is -2.18. The van der Waals surface area contributed by atoms with E-state index in [-0.39, 0.29) is 4.32 Å². The van der Waals surface area contributed by atoms with Gasteiger partial charge in [0.1, 0.15) is 0 Å². The zero-order valence-electron chi connectivity index (χ0n) is 5.20. The van der Waals surface area contributed by atoms with Gasteiger partial charge in [0, 0.05) is 7.90 Å². The molecule has 0 heterocycles. The summed E-state index contributed by atoms with van der Waals surface area (Å²) in [5.41, 5.74) is 0. The monoisotopic (exact) mass is 298 g/mol. The molecule has 0 aromatic carbocycles. The highest BCUT2D eigenvalue weighted by Gasteiger charge is 2.16. The van der Waals surface area contributed by atoms with E-state index in [1.54, 1.807) is 0 Å². The molecule has 0 aromatic heterocycles. The van der Waals surface area contributed by atoms with Crippen molar-refractivity contribution in [3.8, 4) is 0 Å². The molecule has 0 nitrogen and oxygen atoms in total. The van der Waals surface area contributed by atoms with E-state index in [0.29, 0.717) is 0 Å². The van der Waals surface area contributed by atoms with E-state index in [4.69, 9.17) is 0 Å². The van der Waals surface area contributed by atoms with E-state index in [1.165, 1.54) is 3.58 Å². The maximum Gasteiger partial charge on any atom is 0.0446 e. The fourth-order valence-electron chi connectivity index (χ4n) is 0.687. The van der Waals surface area contributed by atoms with Crippen molar-refractivity contribution in [3.05, 3.63) is 21.8 Å². The van der Waals surface area contributed by atoms with Crippen LogP contribution < -0.4 is 0 Å². The second-order valence-corrected chi connectivity index (χ2v) is 5.46. The molecule has 0 radical (unpaired) electrons. The summed E-state index contributed by atoms with van der Waals surface area (Å²) in [6.45, 7) is 2.17. The van der Waals surface area contributed by atoms with Crippen LogP contribution in [0.25, 0.3) is 0 Å². The minimum absolute atomic E-state index is 0.210. The van der Waals surface area contributed by atoms with Gasteiger partial charge in [-0.05, 0) is 35.9 Å². The third-order valence-corrected chi connectivity index (χ3v) is 2.67. The molecule has 9 heavy (non-hydrogen) atoms. The number of hydrogen-bond donors (Lipinski definition) is 0. The molecule has 1 rings (SSSR count). The maximum atomic E-state index is 3.59. The van der Waals surface area contributed by atoms with Crippen molar-refractivity contribution in [3.63, 3.8) is 0 Å². The van der Waals surface area contributed by atoms with Gasteiger partial charge >= 0.3 is 0 Å². The van der Waals surface area contributed by atoms with Gasteiger partial charge in [0.15, 0.2) is 0 Å². The van der Waals surface area contributed by atoms with Crippen molar-refractivity contribution < 1.29 is 0 Å². The van der Waals surface area contributed by atoms with E-state index in [1.807, 2.05) is 0 Å². The van der Waals surface area contributed by atoms with Crippen LogP contribution in [0.3, 0.4) is 0 Å². The van der Waals surface area contributed by atoms with Crippen LogP contribution in [0.15, 0.2) is 21.8 Å². The summed E-state index contributed by atoms with van der Waals surface area (Å²) in [5, 5.41) is 0. The van der Waals surface area contributed by atoms with Gasteiger partial charge in [-0.1, -0.05) is 34.2 Å². The Morgan fingerprint density at radius 1 is 1.78 bits per heavy atom. The summed E-state index contributed by atoms with van der Waals surface area (Å²) >= 11 is 5.91. The van der Waals surface area contributed by atoms with Gasteiger partial charge < -0.3 is 0 Å². The number of rotatable bonds is 0. The van der Waals surface area contributed by atoms with Gasteiger partial charge in [-0.25, -0.2) is 0 Å². The molecule has 0 N–H and O–H groups in total. The molecular weight excluding hydrogens is 291 g/mol. The first-order valence-electron chi connectivity index (χ1n) is 2.84. The van der Waals surface area contributed by atoms with Gasteiger partial charge in [-0.15, -0.1) is 0 Å². The first kappa shape index (κ1) is 7.79. The summed E-state index contributed by atoms with van der Waals surface area (Å²) < 4.78 is 1.55. The van der Waals surface area contributed by atoms with E-state index in [2.05, 4.69) is 63.7 Å². The van der Waals surface area contributed by atoms with Crippen LogP contribution >= 0.6 is 38.5 Å². The molecule has 1 aliphatic carbocycles. The maximum absolute atomic E-state index is 3.59. The quantitative estimate of drug-likeness (QED) is 0.475. The molecule has 2 heteroatoms. The Morgan fingerprint density at radius 3 is 2.78 bits per heavy atom. The molecule has 0 spiro atoms. The van der Waals surface area contributed by atoms with Crippen LogP contribution in [0.2, 0.25) is 0 Å². The molecule has 0 aliphatic heterocycles. The van der Waals surface area contributed by atoms with Crippen LogP contribution in [-0.4, -0.2) is 4.32 Å². The fourth-order valence-corrected chi connectivity index (χ4v) is 1.38. The van der Waals surface area contributed by atoms with Crippen molar-refractivity contribution in [1.29, 1.82) is 0 Å². The molecule has 0 aromatic rings. The largest absolute Gasteiger partial charge is 0.0807 e. The minimum Gasteiger partial charge on any atom is -0.0807 e. The number of hydrogen-bond acceptors (Lipinski definition) is 0. The Morgan fingerprint density at radius 2 is 2.44 bits per heavy atom. The van der Waals surface area contributed by atoms with E-state index in [0.717, 1.165) is 6.42 Å². The Hall–Kier alpha value is 0.690. The van der Waals surface area contributed by atoms with Crippen LogP contribution in [-0.2, 0) is 0 Å². The average molecular weight is 299 g/mol. The zero-order valence-corrected chi connectivity index (χ0v) is 8.94. The van der Waals surface area contributed by atoms with Gasteiger partial charge in [-0.3, -0.25) is 0 Å². The highest BCUT2D eigenvalue weighted by Crippen LogP contribution is 2.30. The zero-order chi connectivity index (χ0) is 6.91. The number of alkyl halides is 1. The first-order chi connectivity index (χ1) is 4.10. The highest BCUT2D eigenvalue weighted by molar-refractivity contribution is 14.1. The smallest absolute Gasteiger partial charge is 0.0446 e. The third kappa shape index (κ3) is 2.42. The predicted octanol–water partition coefficient (Wildman–Crippen LogP) is 3.42. The molecule has 0 fully saturated rings. The summed E-state index contributed by atoms with van der Waals surface area (Å²) in [5.74, 6) is 0. The Kier molecular flexibility index (Phi) is 2.37. The lowest BCUT2D eigenvalue weighted by Crippen LogP contribution is -2.11. The topological polar surface area (TPSA) is 0 Å². The second-order valence-electron chi connectivity index (χ2n) is 2.40. The van der Waals surface area contributed by atoms with Crippen molar-refractivity contribution in [2.45, 2.75) is 17.7 Å². The normalized spacial score (nSPS) is 34.3. The third-order valence-electron chi connectivity index (χ3n) is 1.29. The SMILES string of the molecule is CC1(Br)C=CC(I)=CC1. The Balaban J connectivity index is 2.70. The van der Waals surface area contributed by atoms with E-state index >= 15 is 0 Å². The van der Waals surface area contributed by atoms with Crippen LogP contribution in [0.4, 0.5) is 0 Å². The molecule has 0 saturated carbocycles. The Bertz CT molecular complexity index is 168. The van der Waals surface area contributed by atoms with Crippen LogP contribution in [0.5, 0.6) is 0 Å². The molecule has 0 amide bonds. The highest BCUT2D eigenvalue weighted by atomic mass is 127.